The molecule has 8 nitrogen and oxygen atoms in total. The van der Waals surface area contributed by atoms with Gasteiger partial charge in [-0.05, 0) is 36.4 Å². The topological polar surface area (TPSA) is 91.7 Å². The van der Waals surface area contributed by atoms with Crippen molar-refractivity contribution in [1.82, 2.24) is 15.1 Å². The van der Waals surface area contributed by atoms with Crippen LogP contribution in [0.4, 0.5) is 0 Å². The van der Waals surface area contributed by atoms with Crippen molar-refractivity contribution in [2.75, 3.05) is 27.4 Å². The Balaban J connectivity index is 1.63. The van der Waals surface area contributed by atoms with Crippen molar-refractivity contribution in [3.05, 3.63) is 68.9 Å². The van der Waals surface area contributed by atoms with Gasteiger partial charge >= 0.3 is 0 Å². The number of carbonyl (C=O) groups excluding carboxylic acids is 1. The summed E-state index contributed by atoms with van der Waals surface area (Å²) in [6.07, 6.45) is 0. The molecule has 0 saturated carbocycles. The van der Waals surface area contributed by atoms with Gasteiger partial charge in [-0.25, -0.2) is 4.68 Å². The minimum atomic E-state index is -0.375. The minimum absolute atomic E-state index is 0.169. The van der Waals surface area contributed by atoms with Gasteiger partial charge in [-0.1, -0.05) is 23.2 Å². The number of halogens is 2. The van der Waals surface area contributed by atoms with Gasteiger partial charge < -0.3 is 19.5 Å². The lowest BCUT2D eigenvalue weighted by Crippen LogP contribution is -2.34. The van der Waals surface area contributed by atoms with E-state index >= 15 is 0 Å². The maximum atomic E-state index is 12.2. The number of hydrogen-bond donors (Lipinski definition) is 1. The fourth-order valence-electron chi connectivity index (χ4n) is 2.85. The summed E-state index contributed by atoms with van der Waals surface area (Å²) in [6.45, 7) is 0.100. The average Bonchev–Trinajstić information content (AvgIpc) is 2.80. The molecule has 0 aliphatic rings. The second-order valence-electron chi connectivity index (χ2n) is 6.56. The normalized spacial score (nSPS) is 10.5. The van der Waals surface area contributed by atoms with Crippen LogP contribution in [-0.2, 0) is 11.3 Å². The summed E-state index contributed by atoms with van der Waals surface area (Å²) < 4.78 is 17.3. The zero-order chi connectivity index (χ0) is 23.1. The fraction of sp³-hybridized carbons (Fsp3) is 0.227. The first-order valence-corrected chi connectivity index (χ1v) is 10.3. The number of benzene rings is 2. The number of rotatable bonds is 9. The minimum Gasteiger partial charge on any atom is -0.497 e. The SMILES string of the molecule is COc1ccc(OC)c(-c2ccc(=O)n(CCNC(=O)COc3cc(Cl)ccc3Cl)n2)c1. The third-order valence-electron chi connectivity index (χ3n) is 4.45. The standard InChI is InChI=1S/C22H21Cl2N3O5/c1-30-15-4-7-19(31-2)16(12-15)18-6-8-22(29)27(26-18)10-9-25-21(28)13-32-20-11-14(23)3-5-17(20)24/h3-8,11-12H,9-10,13H2,1-2H3,(H,25,28). The van der Waals surface area contributed by atoms with Crippen LogP contribution >= 0.6 is 23.2 Å². The second kappa shape index (κ2) is 10.9. The Bertz CT molecular complexity index is 1170. The molecule has 0 bridgehead atoms. The molecule has 0 aliphatic carbocycles. The predicted octanol–water partition coefficient (Wildman–Crippen LogP) is 3.43. The van der Waals surface area contributed by atoms with Gasteiger partial charge in [0.05, 0.1) is 31.5 Å². The molecule has 0 spiro atoms. The molecule has 3 aromatic rings. The van der Waals surface area contributed by atoms with Gasteiger partial charge in [-0.3, -0.25) is 9.59 Å². The molecule has 0 aliphatic heterocycles. The largest absolute Gasteiger partial charge is 0.497 e. The lowest BCUT2D eigenvalue weighted by molar-refractivity contribution is -0.123. The van der Waals surface area contributed by atoms with E-state index in [-0.39, 0.29) is 31.2 Å². The third kappa shape index (κ3) is 5.93. The summed E-state index contributed by atoms with van der Waals surface area (Å²) in [7, 11) is 3.11. The van der Waals surface area contributed by atoms with E-state index in [1.807, 2.05) is 0 Å². The molecule has 1 heterocycles. The first-order valence-electron chi connectivity index (χ1n) is 9.56. The number of hydrogen-bond acceptors (Lipinski definition) is 6. The summed E-state index contributed by atoms with van der Waals surface area (Å²) in [5.74, 6) is 1.16. The Morgan fingerprint density at radius 1 is 1.03 bits per heavy atom. The Kier molecular flexibility index (Phi) is 7.97. The van der Waals surface area contributed by atoms with E-state index in [1.165, 1.54) is 16.8 Å². The zero-order valence-electron chi connectivity index (χ0n) is 17.4. The van der Waals surface area contributed by atoms with Crippen molar-refractivity contribution in [3.63, 3.8) is 0 Å². The number of ether oxygens (including phenoxy) is 3. The van der Waals surface area contributed by atoms with E-state index in [2.05, 4.69) is 10.4 Å². The molecule has 1 aromatic heterocycles. The summed E-state index contributed by atoms with van der Waals surface area (Å²) in [5.41, 5.74) is 0.911. The lowest BCUT2D eigenvalue weighted by atomic mass is 10.1. The highest BCUT2D eigenvalue weighted by Gasteiger charge is 2.12. The molecule has 1 N–H and O–H groups in total. The summed E-state index contributed by atoms with van der Waals surface area (Å²) in [6, 6.07) is 13.1. The van der Waals surface area contributed by atoms with Crippen LogP contribution < -0.4 is 25.1 Å². The van der Waals surface area contributed by atoms with Crippen LogP contribution in [0.5, 0.6) is 17.2 Å². The fourth-order valence-corrected chi connectivity index (χ4v) is 3.18. The Hall–Kier alpha value is -3.23. The molecule has 3 rings (SSSR count). The van der Waals surface area contributed by atoms with E-state index in [4.69, 9.17) is 37.4 Å². The first kappa shape index (κ1) is 23.4. The van der Waals surface area contributed by atoms with Crippen molar-refractivity contribution < 1.29 is 19.0 Å². The van der Waals surface area contributed by atoms with Gasteiger partial charge in [-0.15, -0.1) is 0 Å². The number of nitrogens with one attached hydrogen (secondary N) is 1. The van der Waals surface area contributed by atoms with E-state index in [0.717, 1.165) is 0 Å². The van der Waals surface area contributed by atoms with Crippen LogP contribution in [0.25, 0.3) is 11.3 Å². The molecule has 0 saturated heterocycles. The number of carbonyl (C=O) groups is 1. The Morgan fingerprint density at radius 2 is 1.84 bits per heavy atom. The van der Waals surface area contributed by atoms with Crippen molar-refractivity contribution >= 4 is 29.1 Å². The second-order valence-corrected chi connectivity index (χ2v) is 7.40. The monoisotopic (exact) mass is 477 g/mol. The Morgan fingerprint density at radius 3 is 2.59 bits per heavy atom. The summed E-state index contributed by atoms with van der Waals surface area (Å²) in [5, 5.41) is 7.87. The van der Waals surface area contributed by atoms with Gasteiger partial charge in [0.1, 0.15) is 17.2 Å². The van der Waals surface area contributed by atoms with Gasteiger partial charge in [0, 0.05) is 29.3 Å². The molecule has 2 aromatic carbocycles. The van der Waals surface area contributed by atoms with Gasteiger partial charge in [0.2, 0.25) is 0 Å². The van der Waals surface area contributed by atoms with Crippen LogP contribution in [0.3, 0.4) is 0 Å². The van der Waals surface area contributed by atoms with Gasteiger partial charge in [-0.2, -0.15) is 5.10 Å². The van der Waals surface area contributed by atoms with Crippen molar-refractivity contribution in [1.29, 1.82) is 0 Å². The molecule has 10 heteroatoms. The van der Waals surface area contributed by atoms with Crippen molar-refractivity contribution in [3.8, 4) is 28.5 Å². The third-order valence-corrected chi connectivity index (χ3v) is 4.99. The van der Waals surface area contributed by atoms with Crippen molar-refractivity contribution in [2.24, 2.45) is 0 Å². The van der Waals surface area contributed by atoms with E-state index in [9.17, 15) is 9.59 Å². The molecule has 32 heavy (non-hydrogen) atoms. The number of amides is 1. The first-order chi connectivity index (χ1) is 15.4. The van der Waals surface area contributed by atoms with Crippen LogP contribution in [0, 0.1) is 0 Å². The molecule has 0 unspecified atom stereocenters. The summed E-state index contributed by atoms with van der Waals surface area (Å²) in [4.78, 5) is 24.3. The average molecular weight is 478 g/mol. The van der Waals surface area contributed by atoms with E-state index < -0.39 is 0 Å². The summed E-state index contributed by atoms with van der Waals surface area (Å²) >= 11 is 11.9. The Labute approximate surface area is 194 Å². The van der Waals surface area contributed by atoms with Crippen molar-refractivity contribution in [2.45, 2.75) is 6.54 Å². The highest BCUT2D eigenvalue weighted by atomic mass is 35.5. The maximum Gasteiger partial charge on any atom is 0.266 e. The van der Waals surface area contributed by atoms with Crippen LogP contribution in [0.15, 0.2) is 53.3 Å². The predicted molar refractivity (Wildman–Crippen MR) is 122 cm³/mol. The number of methoxy groups -OCH3 is 2. The highest BCUT2D eigenvalue weighted by molar-refractivity contribution is 6.34. The molecule has 1 amide bonds. The molecule has 0 radical (unpaired) electrons. The number of aromatic nitrogens is 2. The zero-order valence-corrected chi connectivity index (χ0v) is 18.9. The molecule has 0 fully saturated rings. The van der Waals surface area contributed by atoms with Crippen LogP contribution in [-0.4, -0.2) is 43.1 Å². The molecule has 0 atom stereocenters. The number of nitrogens with zero attached hydrogens (tertiary/aromatic N) is 2. The highest BCUT2D eigenvalue weighted by Crippen LogP contribution is 2.31. The smallest absolute Gasteiger partial charge is 0.266 e. The quantitative estimate of drug-likeness (QED) is 0.507. The van der Waals surface area contributed by atoms with Gasteiger partial charge in [0.15, 0.2) is 6.61 Å². The molecular weight excluding hydrogens is 457 g/mol. The van der Waals surface area contributed by atoms with Crippen LogP contribution in [0.2, 0.25) is 10.0 Å². The van der Waals surface area contributed by atoms with E-state index in [0.29, 0.717) is 38.6 Å². The molecule has 168 valence electrons. The van der Waals surface area contributed by atoms with E-state index in [1.54, 1.807) is 50.6 Å². The lowest BCUT2D eigenvalue weighted by Gasteiger charge is -2.12. The van der Waals surface area contributed by atoms with Gasteiger partial charge in [0.25, 0.3) is 11.5 Å². The van der Waals surface area contributed by atoms with Crippen LogP contribution in [0.1, 0.15) is 0 Å². The molecular formula is C22H21Cl2N3O5. The maximum absolute atomic E-state index is 12.2.